The van der Waals surface area contributed by atoms with Crippen molar-refractivity contribution in [1.29, 1.82) is 0 Å². The number of benzene rings is 2. The average molecular weight is 337 g/mol. The Morgan fingerprint density at radius 1 is 1.24 bits per heavy atom. The summed E-state index contributed by atoms with van der Waals surface area (Å²) in [6.07, 6.45) is 3.43. The minimum absolute atomic E-state index is 0.0176. The van der Waals surface area contributed by atoms with Gasteiger partial charge in [0, 0.05) is 34.8 Å². The number of hydrogen-bond donors (Lipinski definition) is 2. The van der Waals surface area contributed by atoms with Gasteiger partial charge in [0.15, 0.2) is 0 Å². The molecule has 2 aromatic carbocycles. The first kappa shape index (κ1) is 16.2. The highest BCUT2D eigenvalue weighted by Gasteiger charge is 2.08. The Labute approximate surface area is 142 Å². The molecule has 3 aromatic rings. The number of rotatable bonds is 6. The van der Waals surface area contributed by atoms with Crippen LogP contribution in [-0.4, -0.2) is 21.6 Å². The molecule has 8 heteroatoms. The summed E-state index contributed by atoms with van der Waals surface area (Å²) in [4.78, 5) is 21.4. The Hall–Kier alpha value is -3.68. The second-order valence-corrected chi connectivity index (χ2v) is 5.37. The molecular weight excluding hydrogens is 322 g/mol. The molecule has 0 bridgehead atoms. The van der Waals surface area contributed by atoms with E-state index in [2.05, 4.69) is 10.5 Å². The molecule has 126 valence electrons. The number of para-hydroxylation sites is 1. The lowest BCUT2D eigenvalue weighted by molar-refractivity contribution is -0.384. The fourth-order valence-corrected chi connectivity index (χ4v) is 2.51. The third-order valence-corrected chi connectivity index (χ3v) is 3.62. The first-order valence-corrected chi connectivity index (χ1v) is 7.44. The number of nitrogens with zero attached hydrogens (tertiary/aromatic N) is 3. The minimum atomic E-state index is -0.458. The lowest BCUT2D eigenvalue weighted by Crippen LogP contribution is -2.17. The van der Waals surface area contributed by atoms with E-state index in [0.29, 0.717) is 5.69 Å². The maximum Gasteiger partial charge on any atom is 0.269 e. The van der Waals surface area contributed by atoms with Crippen molar-refractivity contribution in [3.63, 3.8) is 0 Å². The molecule has 1 aromatic heterocycles. The number of nitrogens with two attached hydrogens (primary N) is 1. The molecule has 3 rings (SSSR count). The molecule has 0 aliphatic carbocycles. The highest BCUT2D eigenvalue weighted by atomic mass is 16.6. The van der Waals surface area contributed by atoms with E-state index in [1.165, 1.54) is 12.1 Å². The van der Waals surface area contributed by atoms with E-state index < -0.39 is 10.8 Å². The Morgan fingerprint density at radius 3 is 2.64 bits per heavy atom. The predicted molar refractivity (Wildman–Crippen MR) is 95.4 cm³/mol. The van der Waals surface area contributed by atoms with Crippen LogP contribution in [0.2, 0.25) is 0 Å². The van der Waals surface area contributed by atoms with Crippen LogP contribution in [0.1, 0.15) is 5.56 Å². The zero-order valence-electron chi connectivity index (χ0n) is 13.1. The second-order valence-electron chi connectivity index (χ2n) is 5.37. The average Bonchev–Trinajstić information content (AvgIpc) is 2.93. The fourth-order valence-electron chi connectivity index (χ4n) is 2.51. The number of hydrogen-bond acceptors (Lipinski definition) is 5. The SMILES string of the molecule is NC(=O)Cn1cc(C=NNc2ccc([N+](=O)[O-])cc2)c2ccccc21. The van der Waals surface area contributed by atoms with Crippen LogP contribution in [0.4, 0.5) is 11.4 Å². The number of nitro benzene ring substituents is 1. The van der Waals surface area contributed by atoms with Gasteiger partial charge < -0.3 is 10.3 Å². The first-order valence-electron chi connectivity index (χ1n) is 7.44. The van der Waals surface area contributed by atoms with Crippen LogP contribution in [0, 0.1) is 10.1 Å². The normalized spacial score (nSPS) is 11.0. The molecule has 1 heterocycles. The van der Waals surface area contributed by atoms with Crippen LogP contribution in [0.15, 0.2) is 59.8 Å². The number of aromatic nitrogens is 1. The largest absolute Gasteiger partial charge is 0.368 e. The van der Waals surface area contributed by atoms with Gasteiger partial charge in [0.2, 0.25) is 5.91 Å². The van der Waals surface area contributed by atoms with Crippen LogP contribution in [0.25, 0.3) is 10.9 Å². The summed E-state index contributed by atoms with van der Waals surface area (Å²) in [5.74, 6) is -0.423. The van der Waals surface area contributed by atoms with E-state index in [0.717, 1.165) is 16.5 Å². The number of carbonyl (C=O) groups is 1. The third-order valence-electron chi connectivity index (χ3n) is 3.62. The standard InChI is InChI=1S/C17H15N5O3/c18-17(23)11-21-10-12(15-3-1-2-4-16(15)21)9-19-20-13-5-7-14(8-6-13)22(24)25/h1-10,20H,11H2,(H2,18,23). The maximum absolute atomic E-state index is 11.2. The smallest absolute Gasteiger partial charge is 0.269 e. The number of fused-ring (bicyclic) bond motifs is 1. The van der Waals surface area contributed by atoms with Gasteiger partial charge >= 0.3 is 0 Å². The number of primary amides is 1. The molecule has 0 aliphatic heterocycles. The van der Waals surface area contributed by atoms with Gasteiger partial charge in [0.05, 0.1) is 16.8 Å². The van der Waals surface area contributed by atoms with Crippen molar-refractivity contribution in [1.82, 2.24) is 4.57 Å². The Kier molecular flexibility index (Phi) is 4.42. The molecule has 0 radical (unpaired) electrons. The van der Waals surface area contributed by atoms with Crippen LogP contribution < -0.4 is 11.2 Å². The monoisotopic (exact) mass is 337 g/mol. The van der Waals surface area contributed by atoms with E-state index in [1.807, 2.05) is 24.3 Å². The molecule has 0 atom stereocenters. The lowest BCUT2D eigenvalue weighted by atomic mass is 10.2. The number of nitrogens with one attached hydrogen (secondary N) is 1. The summed E-state index contributed by atoms with van der Waals surface area (Å²) in [6, 6.07) is 13.6. The van der Waals surface area contributed by atoms with Crippen molar-refractivity contribution in [3.8, 4) is 0 Å². The van der Waals surface area contributed by atoms with E-state index >= 15 is 0 Å². The zero-order chi connectivity index (χ0) is 17.8. The van der Waals surface area contributed by atoms with Gasteiger partial charge in [-0.2, -0.15) is 5.10 Å². The van der Waals surface area contributed by atoms with Gasteiger partial charge in [0.1, 0.15) is 6.54 Å². The summed E-state index contributed by atoms with van der Waals surface area (Å²) in [7, 11) is 0. The Bertz CT molecular complexity index is 960. The summed E-state index contributed by atoms with van der Waals surface area (Å²) in [5, 5.41) is 15.7. The summed E-state index contributed by atoms with van der Waals surface area (Å²) >= 11 is 0. The van der Waals surface area contributed by atoms with Crippen LogP contribution >= 0.6 is 0 Å². The summed E-state index contributed by atoms with van der Waals surface area (Å²) in [5.41, 5.74) is 10.5. The molecule has 0 unspecified atom stereocenters. The Balaban J connectivity index is 1.81. The van der Waals surface area contributed by atoms with Gasteiger partial charge in [-0.15, -0.1) is 0 Å². The summed E-state index contributed by atoms with van der Waals surface area (Å²) in [6.45, 7) is 0.0874. The number of carbonyl (C=O) groups excluding carboxylic acids is 1. The van der Waals surface area contributed by atoms with Crippen LogP contribution in [0.3, 0.4) is 0 Å². The quantitative estimate of drug-likeness (QED) is 0.408. The second kappa shape index (κ2) is 6.83. The van der Waals surface area contributed by atoms with Crippen molar-refractivity contribution in [3.05, 3.63) is 70.4 Å². The molecule has 3 N–H and O–H groups in total. The molecule has 8 nitrogen and oxygen atoms in total. The molecular formula is C17H15N5O3. The maximum atomic E-state index is 11.2. The zero-order valence-corrected chi connectivity index (χ0v) is 13.1. The molecule has 0 saturated carbocycles. The molecule has 25 heavy (non-hydrogen) atoms. The summed E-state index contributed by atoms with van der Waals surface area (Å²) < 4.78 is 1.77. The van der Waals surface area contributed by atoms with Crippen molar-refractivity contribution in [2.75, 3.05) is 5.43 Å². The lowest BCUT2D eigenvalue weighted by Gasteiger charge is -2.00. The highest BCUT2D eigenvalue weighted by molar-refractivity contribution is 6.00. The van der Waals surface area contributed by atoms with Crippen molar-refractivity contribution >= 4 is 34.4 Å². The predicted octanol–water partition coefficient (Wildman–Crippen LogP) is 2.48. The van der Waals surface area contributed by atoms with Gasteiger partial charge in [-0.05, 0) is 18.2 Å². The van der Waals surface area contributed by atoms with Gasteiger partial charge in [-0.25, -0.2) is 0 Å². The number of hydrazone groups is 1. The van der Waals surface area contributed by atoms with Crippen molar-refractivity contribution in [2.24, 2.45) is 10.8 Å². The number of nitro groups is 1. The topological polar surface area (TPSA) is 116 Å². The van der Waals surface area contributed by atoms with Crippen LogP contribution in [-0.2, 0) is 11.3 Å². The van der Waals surface area contributed by atoms with Gasteiger partial charge in [-0.3, -0.25) is 20.3 Å². The fraction of sp³-hybridized carbons (Fsp3) is 0.0588. The van der Waals surface area contributed by atoms with Crippen LogP contribution in [0.5, 0.6) is 0 Å². The highest BCUT2D eigenvalue weighted by Crippen LogP contribution is 2.20. The van der Waals surface area contributed by atoms with E-state index in [9.17, 15) is 14.9 Å². The molecule has 0 fully saturated rings. The van der Waals surface area contributed by atoms with Gasteiger partial charge in [0.25, 0.3) is 5.69 Å². The molecule has 0 aliphatic rings. The number of anilines is 1. The minimum Gasteiger partial charge on any atom is -0.368 e. The van der Waals surface area contributed by atoms with Crippen molar-refractivity contribution < 1.29 is 9.72 Å². The third kappa shape index (κ3) is 3.63. The number of amides is 1. The first-order chi connectivity index (χ1) is 12.0. The Morgan fingerprint density at radius 2 is 1.96 bits per heavy atom. The molecule has 0 saturated heterocycles. The van der Waals surface area contributed by atoms with E-state index in [4.69, 9.17) is 5.73 Å². The van der Waals surface area contributed by atoms with Gasteiger partial charge in [-0.1, -0.05) is 18.2 Å². The molecule has 0 spiro atoms. The number of non-ortho nitro benzene ring substituents is 1. The van der Waals surface area contributed by atoms with Crippen molar-refractivity contribution in [2.45, 2.75) is 6.54 Å². The van der Waals surface area contributed by atoms with E-state index in [-0.39, 0.29) is 12.2 Å². The molecule has 1 amide bonds. The van der Waals surface area contributed by atoms with E-state index in [1.54, 1.807) is 29.1 Å².